The van der Waals surface area contributed by atoms with E-state index in [9.17, 15) is 4.79 Å². The predicted octanol–water partition coefficient (Wildman–Crippen LogP) is 3.23. The molecule has 0 aliphatic rings. The second-order valence-electron chi connectivity index (χ2n) is 4.76. The van der Waals surface area contributed by atoms with E-state index in [1.54, 1.807) is 12.1 Å². The summed E-state index contributed by atoms with van der Waals surface area (Å²) in [6.45, 7) is 8.16. The molecule has 0 amide bonds. The monoisotopic (exact) mass is 264 g/mol. The zero-order valence-electron chi connectivity index (χ0n) is 12.0. The van der Waals surface area contributed by atoms with Gasteiger partial charge in [-0.05, 0) is 25.0 Å². The molecule has 0 spiro atoms. The number of aromatic carboxylic acids is 1. The lowest BCUT2D eigenvalue weighted by atomic mass is 10.0. The summed E-state index contributed by atoms with van der Waals surface area (Å²) in [7, 11) is 0. The highest BCUT2D eigenvalue weighted by Crippen LogP contribution is 2.28. The highest BCUT2D eigenvalue weighted by atomic mass is 16.4. The third-order valence-corrected chi connectivity index (χ3v) is 3.67. The molecular weight excluding hydrogens is 240 g/mol. The van der Waals surface area contributed by atoms with Crippen LogP contribution in [0.5, 0.6) is 0 Å². The van der Waals surface area contributed by atoms with Crippen LogP contribution in [0.4, 0.5) is 11.4 Å². The maximum atomic E-state index is 11.1. The Bertz CT molecular complexity index is 428. The van der Waals surface area contributed by atoms with Crippen LogP contribution < -0.4 is 10.6 Å². The lowest BCUT2D eigenvalue weighted by molar-refractivity contribution is 0.0698. The van der Waals surface area contributed by atoms with Crippen molar-refractivity contribution in [2.45, 2.75) is 33.6 Å². The molecule has 0 bridgehead atoms. The molecule has 0 unspecified atom stereocenters. The molecule has 0 fully saturated rings. The van der Waals surface area contributed by atoms with E-state index in [-0.39, 0.29) is 5.56 Å². The molecule has 4 nitrogen and oxygen atoms in total. The van der Waals surface area contributed by atoms with Gasteiger partial charge in [-0.25, -0.2) is 4.79 Å². The van der Waals surface area contributed by atoms with E-state index < -0.39 is 5.97 Å². The average molecular weight is 264 g/mol. The summed E-state index contributed by atoms with van der Waals surface area (Å²) in [5.41, 5.74) is 7.37. The second-order valence-corrected chi connectivity index (χ2v) is 4.76. The van der Waals surface area contributed by atoms with Gasteiger partial charge in [-0.1, -0.05) is 32.8 Å². The quantitative estimate of drug-likeness (QED) is 0.742. The summed E-state index contributed by atoms with van der Waals surface area (Å²) in [6.07, 6.45) is 2.23. The molecule has 19 heavy (non-hydrogen) atoms. The first-order valence-electron chi connectivity index (χ1n) is 6.91. The van der Waals surface area contributed by atoms with E-state index in [4.69, 9.17) is 10.8 Å². The van der Waals surface area contributed by atoms with Crippen LogP contribution in [0.3, 0.4) is 0 Å². The summed E-state index contributed by atoms with van der Waals surface area (Å²) in [5, 5.41) is 9.12. The van der Waals surface area contributed by atoms with Gasteiger partial charge in [0.1, 0.15) is 0 Å². The van der Waals surface area contributed by atoms with Crippen LogP contribution in [0.15, 0.2) is 18.2 Å². The van der Waals surface area contributed by atoms with Crippen LogP contribution in [-0.4, -0.2) is 24.2 Å². The van der Waals surface area contributed by atoms with Crippen molar-refractivity contribution in [2.24, 2.45) is 5.92 Å². The third kappa shape index (κ3) is 3.63. The summed E-state index contributed by atoms with van der Waals surface area (Å²) in [6, 6.07) is 5.20. The van der Waals surface area contributed by atoms with E-state index in [1.165, 1.54) is 0 Å². The Morgan fingerprint density at radius 1 is 1.32 bits per heavy atom. The maximum absolute atomic E-state index is 11.1. The smallest absolute Gasteiger partial charge is 0.337 e. The van der Waals surface area contributed by atoms with Gasteiger partial charge in [0.15, 0.2) is 0 Å². The number of nitrogen functional groups attached to an aromatic ring is 1. The Morgan fingerprint density at radius 3 is 2.42 bits per heavy atom. The Kier molecular flexibility index (Phi) is 5.67. The SMILES string of the molecule is CCC(CC)CN(CC)c1cccc(C(=O)O)c1N. The van der Waals surface area contributed by atoms with Crippen molar-refractivity contribution >= 4 is 17.3 Å². The lowest BCUT2D eigenvalue weighted by Crippen LogP contribution is -2.30. The first-order valence-corrected chi connectivity index (χ1v) is 6.91. The van der Waals surface area contributed by atoms with Gasteiger partial charge >= 0.3 is 5.97 Å². The van der Waals surface area contributed by atoms with Gasteiger partial charge in [0, 0.05) is 13.1 Å². The maximum Gasteiger partial charge on any atom is 0.337 e. The largest absolute Gasteiger partial charge is 0.478 e. The van der Waals surface area contributed by atoms with Gasteiger partial charge < -0.3 is 15.7 Å². The normalized spacial score (nSPS) is 10.7. The highest BCUT2D eigenvalue weighted by molar-refractivity contribution is 5.97. The zero-order valence-corrected chi connectivity index (χ0v) is 12.0. The molecule has 0 aliphatic heterocycles. The number of carboxylic acids is 1. The molecule has 0 atom stereocenters. The zero-order chi connectivity index (χ0) is 14.4. The molecule has 3 N–H and O–H groups in total. The fourth-order valence-electron chi connectivity index (χ4n) is 2.27. The number of carboxylic acid groups (broad SMARTS) is 1. The van der Waals surface area contributed by atoms with Crippen molar-refractivity contribution in [2.75, 3.05) is 23.7 Å². The van der Waals surface area contributed by atoms with Crippen molar-refractivity contribution in [3.8, 4) is 0 Å². The Balaban J connectivity index is 3.05. The second kappa shape index (κ2) is 7.02. The summed E-state index contributed by atoms with van der Waals surface area (Å²) in [4.78, 5) is 13.3. The molecule has 1 aromatic rings. The molecule has 0 aromatic heterocycles. The average Bonchev–Trinajstić information content (AvgIpc) is 2.41. The minimum absolute atomic E-state index is 0.181. The van der Waals surface area contributed by atoms with Gasteiger partial charge in [-0.15, -0.1) is 0 Å². The van der Waals surface area contributed by atoms with Crippen LogP contribution in [0.2, 0.25) is 0 Å². The van der Waals surface area contributed by atoms with Gasteiger partial charge in [0.05, 0.1) is 16.9 Å². The van der Waals surface area contributed by atoms with E-state index in [2.05, 4.69) is 25.7 Å². The molecule has 0 aliphatic carbocycles. The summed E-state index contributed by atoms with van der Waals surface area (Å²) >= 11 is 0. The fraction of sp³-hybridized carbons (Fsp3) is 0.533. The van der Waals surface area contributed by atoms with Crippen LogP contribution >= 0.6 is 0 Å². The summed E-state index contributed by atoms with van der Waals surface area (Å²) < 4.78 is 0. The Morgan fingerprint density at radius 2 is 1.95 bits per heavy atom. The predicted molar refractivity (Wildman–Crippen MR) is 79.8 cm³/mol. The van der Waals surface area contributed by atoms with Crippen molar-refractivity contribution in [1.82, 2.24) is 0 Å². The minimum Gasteiger partial charge on any atom is -0.478 e. The molecular formula is C15H24N2O2. The van der Waals surface area contributed by atoms with Gasteiger partial charge in [0.25, 0.3) is 0 Å². The standard InChI is InChI=1S/C15H24N2O2/c1-4-11(5-2)10-17(6-3)13-9-7-8-12(14(13)16)15(18)19/h7-9,11H,4-6,10,16H2,1-3H3,(H,18,19). The molecule has 0 radical (unpaired) electrons. The molecule has 0 heterocycles. The van der Waals surface area contributed by atoms with E-state index in [0.717, 1.165) is 31.6 Å². The number of anilines is 2. The highest BCUT2D eigenvalue weighted by Gasteiger charge is 2.17. The van der Waals surface area contributed by atoms with Crippen LogP contribution in [-0.2, 0) is 0 Å². The van der Waals surface area contributed by atoms with E-state index in [1.807, 2.05) is 6.07 Å². The number of benzene rings is 1. The van der Waals surface area contributed by atoms with Crippen LogP contribution in [0, 0.1) is 5.92 Å². The first-order chi connectivity index (χ1) is 9.04. The lowest BCUT2D eigenvalue weighted by Gasteiger charge is -2.29. The molecule has 1 rings (SSSR count). The number of rotatable bonds is 7. The molecule has 0 saturated carbocycles. The molecule has 0 saturated heterocycles. The minimum atomic E-state index is -0.974. The summed E-state index contributed by atoms with van der Waals surface area (Å²) in [5.74, 6) is -0.370. The number of hydrogen-bond acceptors (Lipinski definition) is 3. The molecule has 4 heteroatoms. The number of nitrogens with two attached hydrogens (primary N) is 1. The van der Waals surface area contributed by atoms with Crippen molar-refractivity contribution in [1.29, 1.82) is 0 Å². The number of hydrogen-bond donors (Lipinski definition) is 2. The van der Waals surface area contributed by atoms with E-state index >= 15 is 0 Å². The third-order valence-electron chi connectivity index (χ3n) is 3.67. The molecule has 106 valence electrons. The Labute approximate surface area is 115 Å². The van der Waals surface area contributed by atoms with Crippen molar-refractivity contribution in [3.63, 3.8) is 0 Å². The van der Waals surface area contributed by atoms with E-state index in [0.29, 0.717) is 11.6 Å². The van der Waals surface area contributed by atoms with Crippen LogP contribution in [0.1, 0.15) is 44.0 Å². The molecule has 1 aromatic carbocycles. The first kappa shape index (κ1) is 15.3. The number of nitrogens with zero attached hydrogens (tertiary/aromatic N) is 1. The van der Waals surface area contributed by atoms with Crippen LogP contribution in [0.25, 0.3) is 0 Å². The topological polar surface area (TPSA) is 66.6 Å². The van der Waals surface area contributed by atoms with Crippen molar-refractivity contribution in [3.05, 3.63) is 23.8 Å². The fourth-order valence-corrected chi connectivity index (χ4v) is 2.27. The van der Waals surface area contributed by atoms with Gasteiger partial charge in [-0.3, -0.25) is 0 Å². The number of carbonyl (C=O) groups is 1. The van der Waals surface area contributed by atoms with Gasteiger partial charge in [-0.2, -0.15) is 0 Å². The number of para-hydroxylation sites is 1. The van der Waals surface area contributed by atoms with Crippen molar-refractivity contribution < 1.29 is 9.90 Å². The Hall–Kier alpha value is -1.71. The van der Waals surface area contributed by atoms with Gasteiger partial charge in [0.2, 0.25) is 0 Å².